The molecule has 5 heteroatoms. The van der Waals surface area contributed by atoms with Gasteiger partial charge in [-0.3, -0.25) is 4.98 Å². The molecular formula is C16H17N3O2. The minimum absolute atomic E-state index is 0.591. The third-order valence-electron chi connectivity index (χ3n) is 3.10. The van der Waals surface area contributed by atoms with E-state index in [0.29, 0.717) is 13.2 Å². The van der Waals surface area contributed by atoms with Crippen molar-refractivity contribution in [1.29, 1.82) is 0 Å². The minimum Gasteiger partial charge on any atom is -0.490 e. The van der Waals surface area contributed by atoms with E-state index >= 15 is 0 Å². The number of rotatable bonds is 5. The molecule has 0 amide bonds. The zero-order chi connectivity index (χ0) is 14.7. The second-order valence-electron chi connectivity index (χ2n) is 4.51. The Hall–Kier alpha value is -2.56. The lowest BCUT2D eigenvalue weighted by Gasteiger charge is -2.11. The van der Waals surface area contributed by atoms with Gasteiger partial charge in [-0.25, -0.2) is 4.98 Å². The van der Waals surface area contributed by atoms with E-state index in [2.05, 4.69) is 15.0 Å². The number of aromatic amines is 1. The molecule has 0 spiro atoms. The van der Waals surface area contributed by atoms with E-state index in [1.54, 1.807) is 12.4 Å². The molecule has 0 bridgehead atoms. The van der Waals surface area contributed by atoms with Crippen molar-refractivity contribution in [2.75, 3.05) is 13.2 Å². The van der Waals surface area contributed by atoms with Crippen LogP contribution in [0.25, 0.3) is 22.4 Å². The fourth-order valence-electron chi connectivity index (χ4n) is 2.19. The number of hydrogen-bond donors (Lipinski definition) is 1. The fourth-order valence-corrected chi connectivity index (χ4v) is 2.19. The lowest BCUT2D eigenvalue weighted by Crippen LogP contribution is -1.98. The van der Waals surface area contributed by atoms with Gasteiger partial charge in [-0.05, 0) is 38.1 Å². The van der Waals surface area contributed by atoms with E-state index < -0.39 is 0 Å². The maximum atomic E-state index is 5.65. The molecule has 2 aromatic heterocycles. The Morgan fingerprint density at radius 1 is 1.05 bits per heavy atom. The summed E-state index contributed by atoms with van der Waals surface area (Å²) in [5, 5.41) is 0. The molecular weight excluding hydrogens is 266 g/mol. The first kappa shape index (κ1) is 13.4. The van der Waals surface area contributed by atoms with Gasteiger partial charge in [0.05, 0.1) is 24.9 Å². The van der Waals surface area contributed by atoms with E-state index in [0.717, 1.165) is 33.9 Å². The second-order valence-corrected chi connectivity index (χ2v) is 4.51. The second kappa shape index (κ2) is 5.83. The molecule has 3 rings (SSSR count). The Labute approximate surface area is 123 Å². The number of H-pyrrole nitrogens is 1. The van der Waals surface area contributed by atoms with Crippen molar-refractivity contribution >= 4 is 11.0 Å². The Kier molecular flexibility index (Phi) is 3.73. The molecule has 3 aromatic rings. The van der Waals surface area contributed by atoms with E-state index in [-0.39, 0.29) is 0 Å². The number of ether oxygens (including phenoxy) is 2. The van der Waals surface area contributed by atoms with Gasteiger partial charge in [0.1, 0.15) is 11.3 Å². The van der Waals surface area contributed by atoms with E-state index in [1.807, 2.05) is 38.1 Å². The summed E-state index contributed by atoms with van der Waals surface area (Å²) in [4.78, 5) is 11.9. The number of pyridine rings is 1. The zero-order valence-electron chi connectivity index (χ0n) is 12.1. The predicted octanol–water partition coefficient (Wildman–Crippen LogP) is 3.42. The molecule has 1 aromatic carbocycles. The zero-order valence-corrected chi connectivity index (χ0v) is 12.1. The Morgan fingerprint density at radius 2 is 1.86 bits per heavy atom. The van der Waals surface area contributed by atoms with Crippen LogP contribution < -0.4 is 9.47 Å². The highest BCUT2D eigenvalue weighted by molar-refractivity contribution is 5.78. The summed E-state index contributed by atoms with van der Waals surface area (Å²) < 4.78 is 11.2. The summed E-state index contributed by atoms with van der Waals surface area (Å²) in [6.45, 7) is 5.11. The highest BCUT2D eigenvalue weighted by Crippen LogP contribution is 2.32. The first-order chi connectivity index (χ1) is 10.3. The topological polar surface area (TPSA) is 60.0 Å². The lowest BCUT2D eigenvalue weighted by molar-refractivity contribution is 0.288. The third-order valence-corrected chi connectivity index (χ3v) is 3.10. The fraction of sp³-hybridized carbons (Fsp3) is 0.250. The van der Waals surface area contributed by atoms with E-state index in [4.69, 9.17) is 9.47 Å². The van der Waals surface area contributed by atoms with Crippen LogP contribution in [0, 0.1) is 0 Å². The quantitative estimate of drug-likeness (QED) is 0.779. The molecule has 0 saturated heterocycles. The lowest BCUT2D eigenvalue weighted by atomic mass is 10.2. The number of hydrogen-bond acceptors (Lipinski definition) is 4. The molecule has 108 valence electrons. The number of benzene rings is 1. The molecule has 0 unspecified atom stereocenters. The van der Waals surface area contributed by atoms with Crippen LogP contribution >= 0.6 is 0 Å². The van der Waals surface area contributed by atoms with Gasteiger partial charge >= 0.3 is 0 Å². The van der Waals surface area contributed by atoms with E-state index in [1.165, 1.54) is 0 Å². The molecule has 5 nitrogen and oxygen atoms in total. The molecule has 1 N–H and O–H groups in total. The van der Waals surface area contributed by atoms with Crippen LogP contribution in [-0.2, 0) is 0 Å². The van der Waals surface area contributed by atoms with Crippen molar-refractivity contribution in [2.45, 2.75) is 13.8 Å². The first-order valence-electron chi connectivity index (χ1n) is 7.01. The summed E-state index contributed by atoms with van der Waals surface area (Å²) in [6.07, 6.45) is 3.49. The van der Waals surface area contributed by atoms with Gasteiger partial charge in [0.15, 0.2) is 11.5 Å². The number of imidazole rings is 1. The number of aromatic nitrogens is 3. The van der Waals surface area contributed by atoms with Crippen LogP contribution in [0.1, 0.15) is 13.8 Å². The van der Waals surface area contributed by atoms with Crippen molar-refractivity contribution in [3.63, 3.8) is 0 Å². The van der Waals surface area contributed by atoms with Gasteiger partial charge in [-0.2, -0.15) is 0 Å². The number of fused-ring (bicyclic) bond motifs is 1. The SMILES string of the molecule is CCOc1ccc(-c2nc3cnccc3[nH]2)cc1OCC. The van der Waals surface area contributed by atoms with Gasteiger partial charge < -0.3 is 14.5 Å². The van der Waals surface area contributed by atoms with Crippen LogP contribution in [0.15, 0.2) is 36.7 Å². The van der Waals surface area contributed by atoms with Crippen LogP contribution in [-0.4, -0.2) is 28.2 Å². The summed E-state index contributed by atoms with van der Waals surface area (Å²) in [5.74, 6) is 2.28. The summed E-state index contributed by atoms with van der Waals surface area (Å²) >= 11 is 0. The van der Waals surface area contributed by atoms with Gasteiger partial charge in [0.2, 0.25) is 0 Å². The standard InChI is InChI=1S/C16H17N3O2/c1-3-20-14-6-5-11(9-15(14)21-4-2)16-18-12-7-8-17-10-13(12)19-16/h5-10H,3-4H2,1-2H3,(H,18,19). The van der Waals surface area contributed by atoms with Crippen molar-refractivity contribution < 1.29 is 9.47 Å². The first-order valence-corrected chi connectivity index (χ1v) is 7.01. The van der Waals surface area contributed by atoms with Crippen LogP contribution in [0.5, 0.6) is 11.5 Å². The molecule has 0 aliphatic carbocycles. The molecule has 0 saturated carbocycles. The summed E-state index contributed by atoms with van der Waals surface area (Å²) in [7, 11) is 0. The van der Waals surface area contributed by atoms with E-state index in [9.17, 15) is 0 Å². The minimum atomic E-state index is 0.591. The van der Waals surface area contributed by atoms with Crippen molar-refractivity contribution in [3.8, 4) is 22.9 Å². The molecule has 21 heavy (non-hydrogen) atoms. The van der Waals surface area contributed by atoms with Crippen LogP contribution in [0.2, 0.25) is 0 Å². The summed E-state index contributed by atoms with van der Waals surface area (Å²) in [6, 6.07) is 7.73. The molecule has 0 fully saturated rings. The average molecular weight is 283 g/mol. The molecule has 0 aliphatic heterocycles. The molecule has 0 atom stereocenters. The normalized spacial score (nSPS) is 10.8. The predicted molar refractivity (Wildman–Crippen MR) is 81.7 cm³/mol. The Balaban J connectivity index is 2.03. The largest absolute Gasteiger partial charge is 0.490 e. The monoisotopic (exact) mass is 283 g/mol. The molecule has 0 radical (unpaired) electrons. The Morgan fingerprint density at radius 3 is 2.62 bits per heavy atom. The van der Waals surface area contributed by atoms with Crippen LogP contribution in [0.4, 0.5) is 0 Å². The average Bonchev–Trinajstić information content (AvgIpc) is 2.93. The maximum Gasteiger partial charge on any atom is 0.161 e. The van der Waals surface area contributed by atoms with Gasteiger partial charge in [0.25, 0.3) is 0 Å². The maximum absolute atomic E-state index is 5.65. The highest BCUT2D eigenvalue weighted by Gasteiger charge is 2.10. The molecule has 0 aliphatic rings. The van der Waals surface area contributed by atoms with Crippen molar-refractivity contribution in [1.82, 2.24) is 15.0 Å². The molecule has 2 heterocycles. The van der Waals surface area contributed by atoms with Gasteiger partial charge in [0, 0.05) is 11.8 Å². The number of nitrogens with one attached hydrogen (secondary N) is 1. The summed E-state index contributed by atoms with van der Waals surface area (Å²) in [5.41, 5.74) is 2.77. The Bertz CT molecular complexity index is 719. The third kappa shape index (κ3) is 2.67. The van der Waals surface area contributed by atoms with Gasteiger partial charge in [-0.15, -0.1) is 0 Å². The van der Waals surface area contributed by atoms with Crippen molar-refractivity contribution in [3.05, 3.63) is 36.7 Å². The number of nitrogens with zero attached hydrogens (tertiary/aromatic N) is 2. The van der Waals surface area contributed by atoms with Gasteiger partial charge in [-0.1, -0.05) is 0 Å². The van der Waals surface area contributed by atoms with Crippen molar-refractivity contribution in [2.24, 2.45) is 0 Å². The smallest absolute Gasteiger partial charge is 0.161 e. The highest BCUT2D eigenvalue weighted by atomic mass is 16.5. The van der Waals surface area contributed by atoms with Crippen LogP contribution in [0.3, 0.4) is 0 Å².